The lowest BCUT2D eigenvalue weighted by atomic mass is 10.00. The number of aromatic nitrogens is 2. The highest BCUT2D eigenvalue weighted by molar-refractivity contribution is 7.10. The van der Waals surface area contributed by atoms with Crippen LogP contribution in [0.2, 0.25) is 0 Å². The molecule has 2 aromatic rings. The number of aryl methyl sites for hydroxylation is 2. The second-order valence-corrected chi connectivity index (χ2v) is 5.81. The topological polar surface area (TPSA) is 50.1 Å². The van der Waals surface area contributed by atoms with Crippen molar-refractivity contribution in [3.63, 3.8) is 0 Å². The minimum absolute atomic E-state index is 0.510. The molecule has 0 aliphatic heterocycles. The van der Waals surface area contributed by atoms with Crippen LogP contribution in [0.1, 0.15) is 22.9 Å². The van der Waals surface area contributed by atoms with E-state index in [1.165, 1.54) is 10.4 Å². The maximum atomic E-state index is 10.4. The Morgan fingerprint density at radius 2 is 2.33 bits per heavy atom. The molecule has 98 valence electrons. The van der Waals surface area contributed by atoms with Gasteiger partial charge in [-0.1, -0.05) is 0 Å². The first kappa shape index (κ1) is 13.3. The van der Waals surface area contributed by atoms with Gasteiger partial charge in [0.05, 0.1) is 6.20 Å². The molecule has 2 aromatic heterocycles. The lowest BCUT2D eigenvalue weighted by Crippen LogP contribution is -2.34. The predicted molar refractivity (Wildman–Crippen MR) is 73.5 cm³/mol. The van der Waals surface area contributed by atoms with Crippen LogP contribution >= 0.6 is 11.3 Å². The van der Waals surface area contributed by atoms with E-state index in [1.54, 1.807) is 29.1 Å². The van der Waals surface area contributed by atoms with Crippen LogP contribution in [0.5, 0.6) is 0 Å². The minimum Gasteiger partial charge on any atom is -0.384 e. The van der Waals surface area contributed by atoms with Crippen molar-refractivity contribution in [1.29, 1.82) is 0 Å². The van der Waals surface area contributed by atoms with Crippen LogP contribution in [-0.2, 0) is 19.2 Å². The van der Waals surface area contributed by atoms with Crippen LogP contribution in [0.25, 0.3) is 0 Å². The Kier molecular flexibility index (Phi) is 3.85. The number of rotatable bonds is 5. The maximum Gasteiger partial charge on any atom is 0.102 e. The largest absolute Gasteiger partial charge is 0.384 e. The summed E-state index contributed by atoms with van der Waals surface area (Å²) >= 11 is 1.74. The molecule has 2 rings (SSSR count). The lowest BCUT2D eigenvalue weighted by molar-refractivity contribution is 0.0566. The van der Waals surface area contributed by atoms with Crippen LogP contribution < -0.4 is 5.32 Å². The standard InChI is InChI=1S/C13H19N3OS/c1-10-4-5-18-12(10)7-14-9-13(2,17)11-6-15-16(3)8-11/h4-6,8,14,17H,7,9H2,1-3H3. The maximum absolute atomic E-state index is 10.4. The van der Waals surface area contributed by atoms with E-state index in [0.29, 0.717) is 6.54 Å². The third-order valence-corrected chi connectivity index (χ3v) is 4.07. The number of hydrogen-bond acceptors (Lipinski definition) is 4. The molecule has 0 aromatic carbocycles. The minimum atomic E-state index is -0.889. The summed E-state index contributed by atoms with van der Waals surface area (Å²) in [7, 11) is 1.85. The molecule has 0 saturated carbocycles. The van der Waals surface area contributed by atoms with Gasteiger partial charge in [-0.3, -0.25) is 4.68 Å². The van der Waals surface area contributed by atoms with Crippen molar-refractivity contribution in [1.82, 2.24) is 15.1 Å². The fourth-order valence-corrected chi connectivity index (χ4v) is 2.68. The summed E-state index contributed by atoms with van der Waals surface area (Å²) in [5, 5.41) is 19.9. The number of hydrogen-bond donors (Lipinski definition) is 2. The Labute approximate surface area is 111 Å². The predicted octanol–water partition coefficient (Wildman–Crippen LogP) is 1.79. The molecule has 0 bridgehead atoms. The normalized spacial score (nSPS) is 14.7. The highest BCUT2D eigenvalue weighted by Crippen LogP contribution is 2.19. The zero-order chi connectivity index (χ0) is 13.2. The smallest absolute Gasteiger partial charge is 0.102 e. The van der Waals surface area contributed by atoms with Crippen molar-refractivity contribution in [2.45, 2.75) is 26.0 Å². The number of aliphatic hydroxyl groups is 1. The van der Waals surface area contributed by atoms with Crippen molar-refractivity contribution >= 4 is 11.3 Å². The fourth-order valence-electron chi connectivity index (χ4n) is 1.81. The molecule has 5 heteroatoms. The van der Waals surface area contributed by atoms with E-state index in [1.807, 2.05) is 13.2 Å². The Morgan fingerprint density at radius 3 is 2.89 bits per heavy atom. The van der Waals surface area contributed by atoms with Crippen LogP contribution in [-0.4, -0.2) is 21.4 Å². The summed E-state index contributed by atoms with van der Waals surface area (Å²) in [6, 6.07) is 2.11. The molecule has 1 atom stereocenters. The van der Waals surface area contributed by atoms with Crippen molar-refractivity contribution in [3.8, 4) is 0 Å². The second-order valence-electron chi connectivity index (χ2n) is 4.81. The molecular formula is C13H19N3OS. The van der Waals surface area contributed by atoms with Gasteiger partial charge in [-0.2, -0.15) is 5.10 Å². The molecular weight excluding hydrogens is 246 g/mol. The van der Waals surface area contributed by atoms with Gasteiger partial charge in [0.15, 0.2) is 0 Å². The summed E-state index contributed by atoms with van der Waals surface area (Å²) in [5.74, 6) is 0. The molecule has 1 unspecified atom stereocenters. The zero-order valence-electron chi connectivity index (χ0n) is 11.0. The van der Waals surface area contributed by atoms with E-state index in [-0.39, 0.29) is 0 Å². The molecule has 2 heterocycles. The van der Waals surface area contributed by atoms with E-state index in [2.05, 4.69) is 28.8 Å². The van der Waals surface area contributed by atoms with Crippen LogP contribution in [0.4, 0.5) is 0 Å². The van der Waals surface area contributed by atoms with E-state index < -0.39 is 5.60 Å². The first-order valence-corrected chi connectivity index (χ1v) is 6.82. The van der Waals surface area contributed by atoms with Gasteiger partial charge in [-0.25, -0.2) is 0 Å². The number of nitrogens with zero attached hydrogens (tertiary/aromatic N) is 2. The van der Waals surface area contributed by atoms with E-state index in [9.17, 15) is 5.11 Å². The van der Waals surface area contributed by atoms with Gasteiger partial charge < -0.3 is 10.4 Å². The molecule has 0 saturated heterocycles. The Bertz CT molecular complexity index is 516. The number of thiophene rings is 1. The van der Waals surface area contributed by atoms with Gasteiger partial charge in [-0.05, 0) is 30.9 Å². The highest BCUT2D eigenvalue weighted by atomic mass is 32.1. The van der Waals surface area contributed by atoms with Gasteiger partial charge in [0, 0.05) is 36.8 Å². The van der Waals surface area contributed by atoms with Gasteiger partial charge in [-0.15, -0.1) is 11.3 Å². The molecule has 0 aliphatic carbocycles. The summed E-state index contributed by atoms with van der Waals surface area (Å²) < 4.78 is 1.70. The SMILES string of the molecule is Cc1ccsc1CNCC(C)(O)c1cnn(C)c1. The van der Waals surface area contributed by atoms with Crippen LogP contribution in [0, 0.1) is 6.92 Å². The Hall–Kier alpha value is -1.17. The average molecular weight is 265 g/mol. The summed E-state index contributed by atoms with van der Waals surface area (Å²) in [5.41, 5.74) is 1.24. The molecule has 2 N–H and O–H groups in total. The molecule has 0 amide bonds. The Morgan fingerprint density at radius 1 is 1.56 bits per heavy atom. The fraction of sp³-hybridized carbons (Fsp3) is 0.462. The van der Waals surface area contributed by atoms with Crippen LogP contribution in [0.3, 0.4) is 0 Å². The van der Waals surface area contributed by atoms with Gasteiger partial charge in [0.1, 0.15) is 5.60 Å². The summed E-state index contributed by atoms with van der Waals surface area (Å²) in [4.78, 5) is 1.32. The quantitative estimate of drug-likeness (QED) is 0.866. The molecule has 0 radical (unpaired) electrons. The van der Waals surface area contributed by atoms with Gasteiger partial charge in [0.2, 0.25) is 0 Å². The third kappa shape index (κ3) is 2.98. The first-order valence-electron chi connectivity index (χ1n) is 5.94. The molecule has 4 nitrogen and oxygen atoms in total. The van der Waals surface area contributed by atoms with E-state index >= 15 is 0 Å². The Balaban J connectivity index is 1.91. The molecule has 18 heavy (non-hydrogen) atoms. The van der Waals surface area contributed by atoms with E-state index in [4.69, 9.17) is 0 Å². The highest BCUT2D eigenvalue weighted by Gasteiger charge is 2.24. The third-order valence-electron chi connectivity index (χ3n) is 3.05. The second kappa shape index (κ2) is 5.22. The zero-order valence-corrected chi connectivity index (χ0v) is 11.8. The van der Waals surface area contributed by atoms with Crippen molar-refractivity contribution in [2.75, 3.05) is 6.54 Å². The lowest BCUT2D eigenvalue weighted by Gasteiger charge is -2.22. The van der Waals surface area contributed by atoms with Crippen LogP contribution in [0.15, 0.2) is 23.8 Å². The van der Waals surface area contributed by atoms with Crippen molar-refractivity contribution in [2.24, 2.45) is 7.05 Å². The van der Waals surface area contributed by atoms with Gasteiger partial charge in [0.25, 0.3) is 0 Å². The van der Waals surface area contributed by atoms with Crippen molar-refractivity contribution < 1.29 is 5.11 Å². The first-order chi connectivity index (χ1) is 8.49. The molecule has 0 aliphatic rings. The molecule has 0 fully saturated rings. The monoisotopic (exact) mass is 265 g/mol. The molecule has 0 spiro atoms. The summed E-state index contributed by atoms with van der Waals surface area (Å²) in [6.45, 7) is 5.21. The van der Waals surface area contributed by atoms with E-state index in [0.717, 1.165) is 12.1 Å². The van der Waals surface area contributed by atoms with Gasteiger partial charge >= 0.3 is 0 Å². The number of nitrogens with one attached hydrogen (secondary N) is 1. The average Bonchev–Trinajstić information content (AvgIpc) is 2.89. The summed E-state index contributed by atoms with van der Waals surface area (Å²) in [6.07, 6.45) is 3.55. The van der Waals surface area contributed by atoms with Crippen molar-refractivity contribution in [3.05, 3.63) is 39.8 Å².